The van der Waals surface area contributed by atoms with Gasteiger partial charge in [-0.2, -0.15) is 0 Å². The van der Waals surface area contributed by atoms with Gasteiger partial charge in [-0.1, -0.05) is 50.7 Å². The first-order chi connectivity index (χ1) is 15.8. The van der Waals surface area contributed by atoms with Crippen LogP contribution in [-0.4, -0.2) is 25.9 Å². The van der Waals surface area contributed by atoms with E-state index in [9.17, 15) is 13.6 Å². The molecule has 33 heavy (non-hydrogen) atoms. The number of benzene rings is 2. The van der Waals surface area contributed by atoms with E-state index in [0.29, 0.717) is 23.4 Å². The number of hydrogen-bond acceptors (Lipinski definition) is 5. The number of thioether (sulfide) groups is 1. The highest BCUT2D eigenvalue weighted by Crippen LogP contribution is 2.26. The number of aromatic nitrogens is 3. The van der Waals surface area contributed by atoms with Crippen molar-refractivity contribution in [1.82, 2.24) is 14.8 Å². The minimum absolute atomic E-state index is 0.229. The molecule has 1 atom stereocenters. The quantitative estimate of drug-likeness (QED) is 0.395. The minimum Gasteiger partial charge on any atom is -0.486 e. The number of ether oxygens (including phenoxy) is 1. The van der Waals surface area contributed by atoms with Crippen LogP contribution in [0, 0.1) is 17.6 Å². The van der Waals surface area contributed by atoms with Crippen molar-refractivity contribution in [2.24, 2.45) is 5.92 Å². The van der Waals surface area contributed by atoms with Crippen LogP contribution in [0.5, 0.6) is 5.75 Å². The van der Waals surface area contributed by atoms with Gasteiger partial charge in [0.15, 0.2) is 11.0 Å². The summed E-state index contributed by atoms with van der Waals surface area (Å²) >= 11 is 1.18. The molecule has 0 saturated heterocycles. The van der Waals surface area contributed by atoms with Gasteiger partial charge in [-0.3, -0.25) is 4.79 Å². The molecular formula is C24H28F2N4O2S. The second-order valence-electron chi connectivity index (χ2n) is 8.04. The molecule has 0 aliphatic heterocycles. The molecular weight excluding hydrogens is 446 g/mol. The highest BCUT2D eigenvalue weighted by atomic mass is 32.2. The maximum Gasteiger partial charge on any atom is 0.237 e. The molecule has 176 valence electrons. The van der Waals surface area contributed by atoms with Crippen molar-refractivity contribution < 1.29 is 18.3 Å². The first kappa shape index (κ1) is 24.7. The summed E-state index contributed by atoms with van der Waals surface area (Å²) in [6.45, 7) is 8.75. The van der Waals surface area contributed by atoms with Crippen LogP contribution >= 0.6 is 11.8 Å². The maximum absolute atomic E-state index is 13.9. The first-order valence-corrected chi connectivity index (χ1v) is 11.7. The number of rotatable bonds is 10. The van der Waals surface area contributed by atoms with Crippen LogP contribution in [0.15, 0.2) is 47.6 Å². The maximum atomic E-state index is 13.9. The van der Waals surface area contributed by atoms with Gasteiger partial charge in [0.25, 0.3) is 0 Å². The molecule has 0 saturated carbocycles. The lowest BCUT2D eigenvalue weighted by Gasteiger charge is -2.16. The van der Waals surface area contributed by atoms with E-state index in [1.807, 2.05) is 28.8 Å². The number of aryl methyl sites for hydroxylation is 1. The van der Waals surface area contributed by atoms with Crippen molar-refractivity contribution in [3.63, 3.8) is 0 Å². The Bertz CT molecular complexity index is 1070. The van der Waals surface area contributed by atoms with Crippen LogP contribution in [-0.2, 0) is 24.4 Å². The van der Waals surface area contributed by atoms with Gasteiger partial charge in [0.1, 0.15) is 29.7 Å². The fourth-order valence-electron chi connectivity index (χ4n) is 3.08. The molecule has 1 aromatic heterocycles. The molecule has 1 amide bonds. The summed E-state index contributed by atoms with van der Waals surface area (Å²) in [7, 11) is 0. The van der Waals surface area contributed by atoms with Crippen molar-refractivity contribution in [3.05, 3.63) is 65.5 Å². The molecule has 1 unspecified atom stereocenters. The Labute approximate surface area is 196 Å². The molecule has 1 heterocycles. The predicted octanol–water partition coefficient (Wildman–Crippen LogP) is 5.47. The molecule has 1 N–H and O–H groups in total. The summed E-state index contributed by atoms with van der Waals surface area (Å²) in [5.74, 6) is -0.500. The number of amides is 1. The number of carbonyl (C=O) groups is 1. The third-order valence-corrected chi connectivity index (χ3v) is 5.98. The SMILES string of the molecule is CCc1ccc(OCc2nnc(SC(C)C(=O)Nc3c(F)cccc3F)n2CC(C)C)cc1. The van der Waals surface area contributed by atoms with Gasteiger partial charge < -0.3 is 14.6 Å². The highest BCUT2D eigenvalue weighted by Gasteiger charge is 2.23. The molecule has 3 rings (SSSR count). The molecule has 0 fully saturated rings. The second kappa shape index (κ2) is 11.3. The molecule has 0 spiro atoms. The van der Waals surface area contributed by atoms with Gasteiger partial charge in [-0.25, -0.2) is 8.78 Å². The van der Waals surface area contributed by atoms with Gasteiger partial charge in [0.2, 0.25) is 5.91 Å². The molecule has 0 radical (unpaired) electrons. The fraction of sp³-hybridized carbons (Fsp3) is 0.375. The van der Waals surface area contributed by atoms with E-state index < -0.39 is 28.5 Å². The molecule has 0 aliphatic carbocycles. The Morgan fingerprint density at radius 1 is 1.09 bits per heavy atom. The molecule has 0 bridgehead atoms. The lowest BCUT2D eigenvalue weighted by Crippen LogP contribution is -2.24. The van der Waals surface area contributed by atoms with E-state index in [-0.39, 0.29) is 6.61 Å². The van der Waals surface area contributed by atoms with Crippen molar-refractivity contribution in [3.8, 4) is 5.75 Å². The predicted molar refractivity (Wildman–Crippen MR) is 125 cm³/mol. The standard InChI is InChI=1S/C24H28F2N4O2S/c1-5-17-9-11-18(12-10-17)32-14-21-28-29-24(30(21)13-15(2)3)33-16(4)23(31)27-22-19(25)7-6-8-20(22)26/h6-12,15-16H,5,13-14H2,1-4H3,(H,27,31). The number of hydrogen-bond donors (Lipinski definition) is 1. The molecule has 0 aliphatic rings. The van der Waals surface area contributed by atoms with E-state index in [4.69, 9.17) is 4.74 Å². The van der Waals surface area contributed by atoms with Crippen LogP contribution in [0.4, 0.5) is 14.5 Å². The summed E-state index contributed by atoms with van der Waals surface area (Å²) in [5, 5.41) is 10.7. The number of nitrogens with one attached hydrogen (secondary N) is 1. The van der Waals surface area contributed by atoms with Crippen molar-refractivity contribution in [2.45, 2.75) is 57.7 Å². The molecule has 6 nitrogen and oxygen atoms in total. The third kappa shape index (κ3) is 6.54. The topological polar surface area (TPSA) is 69.0 Å². The van der Waals surface area contributed by atoms with E-state index >= 15 is 0 Å². The van der Waals surface area contributed by atoms with E-state index in [1.54, 1.807) is 6.92 Å². The first-order valence-electron chi connectivity index (χ1n) is 10.8. The number of para-hydroxylation sites is 1. The van der Waals surface area contributed by atoms with Crippen molar-refractivity contribution in [1.29, 1.82) is 0 Å². The summed E-state index contributed by atoms with van der Waals surface area (Å²) in [6, 6.07) is 11.3. The average Bonchev–Trinajstić information content (AvgIpc) is 3.15. The Hall–Kier alpha value is -2.94. The zero-order valence-electron chi connectivity index (χ0n) is 19.1. The monoisotopic (exact) mass is 474 g/mol. The van der Waals surface area contributed by atoms with E-state index in [1.165, 1.54) is 23.4 Å². The molecule has 3 aromatic rings. The smallest absolute Gasteiger partial charge is 0.237 e. The van der Waals surface area contributed by atoms with Crippen molar-refractivity contribution >= 4 is 23.4 Å². The van der Waals surface area contributed by atoms with E-state index in [0.717, 1.165) is 24.3 Å². The zero-order valence-corrected chi connectivity index (χ0v) is 20.0. The number of carbonyl (C=O) groups excluding carboxylic acids is 1. The Balaban J connectivity index is 1.71. The Morgan fingerprint density at radius 3 is 2.36 bits per heavy atom. The van der Waals surface area contributed by atoms with Gasteiger partial charge in [-0.15, -0.1) is 10.2 Å². The van der Waals surface area contributed by atoms with E-state index in [2.05, 4.69) is 36.3 Å². The summed E-state index contributed by atoms with van der Waals surface area (Å²) in [6.07, 6.45) is 0.957. The Morgan fingerprint density at radius 2 is 1.76 bits per heavy atom. The van der Waals surface area contributed by atoms with Gasteiger partial charge >= 0.3 is 0 Å². The van der Waals surface area contributed by atoms with Crippen molar-refractivity contribution in [2.75, 3.05) is 5.32 Å². The molecule has 2 aromatic carbocycles. The Kier molecular flexibility index (Phi) is 8.43. The van der Waals surface area contributed by atoms with Gasteiger partial charge in [-0.05, 0) is 49.1 Å². The van der Waals surface area contributed by atoms with Crippen LogP contribution in [0.3, 0.4) is 0 Å². The fourth-order valence-corrected chi connectivity index (χ4v) is 3.96. The second-order valence-corrected chi connectivity index (χ2v) is 9.34. The van der Waals surface area contributed by atoms with Gasteiger partial charge in [0, 0.05) is 6.54 Å². The largest absolute Gasteiger partial charge is 0.486 e. The lowest BCUT2D eigenvalue weighted by atomic mass is 10.2. The third-order valence-electron chi connectivity index (χ3n) is 4.90. The highest BCUT2D eigenvalue weighted by molar-refractivity contribution is 8.00. The number of anilines is 1. The lowest BCUT2D eigenvalue weighted by molar-refractivity contribution is -0.115. The average molecular weight is 475 g/mol. The summed E-state index contributed by atoms with van der Waals surface area (Å²) in [5.41, 5.74) is 0.772. The summed E-state index contributed by atoms with van der Waals surface area (Å²) in [4.78, 5) is 12.6. The zero-order chi connectivity index (χ0) is 24.0. The van der Waals surface area contributed by atoms with Crippen LogP contribution in [0.1, 0.15) is 39.1 Å². The minimum atomic E-state index is -0.824. The van der Waals surface area contributed by atoms with Gasteiger partial charge in [0.05, 0.1) is 5.25 Å². The summed E-state index contributed by atoms with van der Waals surface area (Å²) < 4.78 is 35.6. The normalized spacial score (nSPS) is 12.1. The van der Waals surface area contributed by atoms with Crippen LogP contribution < -0.4 is 10.1 Å². The van der Waals surface area contributed by atoms with Crippen LogP contribution in [0.2, 0.25) is 0 Å². The number of nitrogens with zero attached hydrogens (tertiary/aromatic N) is 3. The molecule has 9 heteroatoms. The number of halogens is 2. The van der Waals surface area contributed by atoms with Crippen LogP contribution in [0.25, 0.3) is 0 Å².